The van der Waals surface area contributed by atoms with Gasteiger partial charge in [0.25, 0.3) is 0 Å². The van der Waals surface area contributed by atoms with E-state index in [2.05, 4.69) is 59.7 Å². The molecule has 2 aromatic rings. The Morgan fingerprint density at radius 3 is 2.08 bits per heavy atom. The molecule has 3 heteroatoms. The molecular formula is C23H36O3. The Labute approximate surface area is 158 Å². The van der Waals surface area contributed by atoms with E-state index in [0.717, 1.165) is 6.42 Å². The third-order valence-corrected chi connectivity index (χ3v) is 4.49. The average molecular weight is 361 g/mol. The van der Waals surface area contributed by atoms with Crippen LogP contribution < -0.4 is 5.82 Å². The predicted molar refractivity (Wildman–Crippen MR) is 109 cm³/mol. The summed E-state index contributed by atoms with van der Waals surface area (Å²) >= 11 is 0. The highest BCUT2D eigenvalue weighted by Crippen LogP contribution is 2.28. The molecule has 26 heavy (non-hydrogen) atoms. The zero-order valence-corrected chi connectivity index (χ0v) is 16.8. The van der Waals surface area contributed by atoms with E-state index in [4.69, 9.17) is 8.83 Å². The van der Waals surface area contributed by atoms with Crippen molar-refractivity contribution in [3.8, 4) is 0 Å². The van der Waals surface area contributed by atoms with E-state index >= 15 is 0 Å². The summed E-state index contributed by atoms with van der Waals surface area (Å²) in [7, 11) is 0. The maximum Gasteiger partial charge on any atom is 0.519 e. The summed E-state index contributed by atoms with van der Waals surface area (Å²) in [5, 5.41) is 0. The van der Waals surface area contributed by atoms with Crippen LogP contribution in [-0.2, 0) is 24.7 Å². The van der Waals surface area contributed by atoms with Crippen molar-refractivity contribution in [2.75, 3.05) is 0 Å². The largest absolute Gasteiger partial charge is 0.519 e. The van der Waals surface area contributed by atoms with Crippen LogP contribution in [0.2, 0.25) is 0 Å². The topological polar surface area (TPSA) is 43.4 Å². The number of hydrogen-bond donors (Lipinski definition) is 0. The molecular weight excluding hydrogens is 324 g/mol. The Hall–Kier alpha value is -1.77. The molecule has 0 unspecified atom stereocenters. The molecule has 1 aliphatic carbocycles. The molecule has 3 rings (SSSR count). The van der Waals surface area contributed by atoms with Gasteiger partial charge < -0.3 is 8.83 Å². The fraction of sp³-hybridized carbons (Fsp3) is 0.609. The molecule has 1 aromatic carbocycles. The van der Waals surface area contributed by atoms with Crippen LogP contribution in [0.1, 0.15) is 83.6 Å². The van der Waals surface area contributed by atoms with Gasteiger partial charge in [0, 0.05) is 6.42 Å². The third-order valence-electron chi connectivity index (χ3n) is 4.49. The highest BCUT2D eigenvalue weighted by molar-refractivity contribution is 5.37. The van der Waals surface area contributed by atoms with Gasteiger partial charge in [-0.3, -0.25) is 0 Å². The minimum Gasteiger partial charge on any atom is -0.396 e. The SMILES string of the molecule is C.CC(C)(C)c1ccc2c(c1)CCC2.Cc1oc(=O)oc1CC(C)(C)C. The maximum atomic E-state index is 10.7. The zero-order chi connectivity index (χ0) is 18.8. The monoisotopic (exact) mass is 360 g/mol. The second-order valence-electron chi connectivity index (χ2n) is 9.26. The second kappa shape index (κ2) is 8.28. The lowest BCUT2D eigenvalue weighted by Gasteiger charge is -2.19. The molecule has 0 amide bonds. The molecule has 0 bridgehead atoms. The summed E-state index contributed by atoms with van der Waals surface area (Å²) in [4.78, 5) is 10.7. The molecule has 0 N–H and O–H groups in total. The Morgan fingerprint density at radius 2 is 1.58 bits per heavy atom. The first-order valence-electron chi connectivity index (χ1n) is 9.17. The number of hydrogen-bond acceptors (Lipinski definition) is 3. The molecule has 1 heterocycles. The van der Waals surface area contributed by atoms with Crippen molar-refractivity contribution < 1.29 is 8.83 Å². The molecule has 0 aliphatic heterocycles. The van der Waals surface area contributed by atoms with Gasteiger partial charge in [0.2, 0.25) is 0 Å². The molecule has 0 saturated carbocycles. The normalized spacial score (nSPS) is 13.5. The quantitative estimate of drug-likeness (QED) is 0.604. The smallest absolute Gasteiger partial charge is 0.396 e. The Bertz CT molecular complexity index is 764. The fourth-order valence-electron chi connectivity index (χ4n) is 3.06. The fourth-order valence-corrected chi connectivity index (χ4v) is 3.06. The Balaban J connectivity index is 0.000000251. The van der Waals surface area contributed by atoms with Gasteiger partial charge >= 0.3 is 5.82 Å². The van der Waals surface area contributed by atoms with Crippen molar-refractivity contribution in [1.29, 1.82) is 0 Å². The lowest BCUT2D eigenvalue weighted by atomic mass is 9.85. The maximum absolute atomic E-state index is 10.7. The van der Waals surface area contributed by atoms with Gasteiger partial charge in [-0.25, -0.2) is 4.79 Å². The van der Waals surface area contributed by atoms with E-state index in [1.54, 1.807) is 18.1 Å². The minimum atomic E-state index is -0.605. The van der Waals surface area contributed by atoms with Gasteiger partial charge in [-0.1, -0.05) is 67.2 Å². The van der Waals surface area contributed by atoms with Crippen molar-refractivity contribution >= 4 is 0 Å². The van der Waals surface area contributed by atoms with Gasteiger partial charge in [-0.15, -0.1) is 0 Å². The number of rotatable bonds is 1. The number of fused-ring (bicyclic) bond motifs is 1. The lowest BCUT2D eigenvalue weighted by molar-refractivity contribution is 0.335. The van der Waals surface area contributed by atoms with Gasteiger partial charge in [-0.2, -0.15) is 0 Å². The predicted octanol–water partition coefficient (Wildman–Crippen LogP) is 6.24. The molecule has 0 radical (unpaired) electrons. The molecule has 0 saturated heterocycles. The van der Waals surface area contributed by atoms with Crippen LogP contribution in [-0.4, -0.2) is 0 Å². The zero-order valence-electron chi connectivity index (χ0n) is 16.8. The summed E-state index contributed by atoms with van der Waals surface area (Å²) in [5.41, 5.74) is 5.07. The van der Waals surface area contributed by atoms with Crippen LogP contribution in [0.3, 0.4) is 0 Å². The van der Waals surface area contributed by atoms with E-state index in [-0.39, 0.29) is 12.8 Å². The highest BCUT2D eigenvalue weighted by atomic mass is 16.6. The van der Waals surface area contributed by atoms with Crippen LogP contribution in [0.15, 0.2) is 31.8 Å². The number of benzene rings is 1. The number of aryl methyl sites for hydroxylation is 3. The van der Waals surface area contributed by atoms with E-state index < -0.39 is 5.82 Å². The third kappa shape index (κ3) is 6.19. The first kappa shape index (κ1) is 22.3. The van der Waals surface area contributed by atoms with Crippen LogP contribution in [0.5, 0.6) is 0 Å². The molecule has 1 aliphatic rings. The second-order valence-corrected chi connectivity index (χ2v) is 9.26. The lowest BCUT2D eigenvalue weighted by Crippen LogP contribution is -2.11. The molecule has 1 aromatic heterocycles. The van der Waals surface area contributed by atoms with E-state index in [9.17, 15) is 4.79 Å². The molecule has 3 nitrogen and oxygen atoms in total. The van der Waals surface area contributed by atoms with Crippen molar-refractivity contribution in [1.82, 2.24) is 0 Å². The summed E-state index contributed by atoms with van der Waals surface area (Å²) in [5.74, 6) is 0.647. The van der Waals surface area contributed by atoms with Crippen LogP contribution in [0, 0.1) is 12.3 Å². The Kier molecular flexibility index (Phi) is 7.09. The van der Waals surface area contributed by atoms with Gasteiger partial charge in [0.1, 0.15) is 11.5 Å². The highest BCUT2D eigenvalue weighted by Gasteiger charge is 2.18. The summed E-state index contributed by atoms with van der Waals surface area (Å²) < 4.78 is 9.61. The molecule has 0 spiro atoms. The van der Waals surface area contributed by atoms with Gasteiger partial charge in [-0.05, 0) is 53.7 Å². The van der Waals surface area contributed by atoms with Gasteiger partial charge in [0.05, 0.1) is 0 Å². The average Bonchev–Trinajstić information content (AvgIpc) is 3.02. The molecule has 146 valence electrons. The summed E-state index contributed by atoms with van der Waals surface area (Å²) in [6.07, 6.45) is 4.66. The minimum absolute atomic E-state index is 0. The van der Waals surface area contributed by atoms with Crippen molar-refractivity contribution in [3.63, 3.8) is 0 Å². The van der Waals surface area contributed by atoms with E-state index in [1.807, 2.05) is 0 Å². The van der Waals surface area contributed by atoms with Crippen molar-refractivity contribution in [2.45, 2.75) is 87.0 Å². The molecule has 0 atom stereocenters. The Morgan fingerprint density at radius 1 is 0.962 bits per heavy atom. The molecule has 0 fully saturated rings. The van der Waals surface area contributed by atoms with Crippen LogP contribution >= 0.6 is 0 Å². The van der Waals surface area contributed by atoms with Crippen LogP contribution in [0.25, 0.3) is 0 Å². The standard InChI is InChI=1S/C13H18.C9H14O3.CH4/c1-13(2,3)12-8-7-10-5-4-6-11(10)9-12;1-6-7(5-9(2,3)4)12-8(10)11-6;/h7-9H,4-6H2,1-3H3;5H2,1-4H3;1H4. The van der Waals surface area contributed by atoms with Gasteiger partial charge in [0.15, 0.2) is 0 Å². The van der Waals surface area contributed by atoms with Crippen molar-refractivity contribution in [2.24, 2.45) is 5.41 Å². The summed E-state index contributed by atoms with van der Waals surface area (Å²) in [6, 6.07) is 7.02. The van der Waals surface area contributed by atoms with E-state index in [1.165, 1.54) is 24.8 Å². The van der Waals surface area contributed by atoms with Crippen LogP contribution in [0.4, 0.5) is 0 Å². The van der Waals surface area contributed by atoms with E-state index in [0.29, 0.717) is 16.9 Å². The van der Waals surface area contributed by atoms with Crippen molar-refractivity contribution in [3.05, 3.63) is 57.0 Å². The summed E-state index contributed by atoms with van der Waals surface area (Å²) in [6.45, 7) is 14.8. The first-order chi connectivity index (χ1) is 11.5. The first-order valence-corrected chi connectivity index (χ1v) is 9.17.